The summed E-state index contributed by atoms with van der Waals surface area (Å²) < 4.78 is 11.4. The van der Waals surface area contributed by atoms with Gasteiger partial charge in [0.15, 0.2) is 11.5 Å². The molecule has 30 heavy (non-hydrogen) atoms. The number of nitrogens with two attached hydrogens (primary N) is 1. The van der Waals surface area contributed by atoms with E-state index in [4.69, 9.17) is 15.2 Å². The van der Waals surface area contributed by atoms with Crippen LogP contribution in [0.5, 0.6) is 11.5 Å². The summed E-state index contributed by atoms with van der Waals surface area (Å²) in [5.41, 5.74) is 7.17. The molecule has 0 radical (unpaired) electrons. The summed E-state index contributed by atoms with van der Waals surface area (Å²) in [5.74, 6) is 1.43. The number of piperidine rings is 1. The van der Waals surface area contributed by atoms with Gasteiger partial charge in [-0.05, 0) is 43.6 Å². The second-order valence-corrected chi connectivity index (χ2v) is 8.37. The van der Waals surface area contributed by atoms with E-state index in [1.165, 1.54) is 5.56 Å². The van der Waals surface area contributed by atoms with E-state index in [2.05, 4.69) is 15.9 Å². The summed E-state index contributed by atoms with van der Waals surface area (Å²) >= 11 is 0. The molecule has 2 saturated heterocycles. The lowest BCUT2D eigenvalue weighted by Crippen LogP contribution is -2.50. The van der Waals surface area contributed by atoms with E-state index >= 15 is 0 Å². The molecule has 0 aliphatic carbocycles. The van der Waals surface area contributed by atoms with Crippen molar-refractivity contribution in [1.29, 1.82) is 0 Å². The van der Waals surface area contributed by atoms with Crippen molar-refractivity contribution in [2.45, 2.75) is 38.5 Å². The fraction of sp³-hybridized carbons (Fsp3) is 0.682. The molecule has 2 fully saturated rings. The van der Waals surface area contributed by atoms with Crippen LogP contribution in [0.25, 0.3) is 0 Å². The summed E-state index contributed by atoms with van der Waals surface area (Å²) in [4.78, 5) is 17.8. The number of carbonyl (C=O) groups excluding carboxylic acids is 1. The van der Waals surface area contributed by atoms with Crippen LogP contribution in [-0.4, -0.2) is 97.4 Å². The minimum atomic E-state index is -0.601. The first-order valence-corrected chi connectivity index (χ1v) is 10.9. The topological polar surface area (TPSA) is 91.5 Å². The molecule has 168 valence electrons. The Kier molecular flexibility index (Phi) is 8.32. The van der Waals surface area contributed by atoms with E-state index in [0.717, 1.165) is 45.6 Å². The van der Waals surface area contributed by atoms with Crippen molar-refractivity contribution in [3.63, 3.8) is 0 Å². The quantitative estimate of drug-likeness (QED) is 0.634. The van der Waals surface area contributed by atoms with Crippen molar-refractivity contribution in [1.82, 2.24) is 14.7 Å². The van der Waals surface area contributed by atoms with Gasteiger partial charge in [0.1, 0.15) is 12.7 Å². The maximum Gasteiger partial charge on any atom is 0.219 e. The molecular weight excluding hydrogens is 384 g/mol. The number of aliphatic hydroxyl groups excluding tert-OH is 1. The van der Waals surface area contributed by atoms with Crippen molar-refractivity contribution in [3.05, 3.63) is 23.8 Å². The molecule has 8 nitrogen and oxygen atoms in total. The number of hydrogen-bond acceptors (Lipinski definition) is 7. The lowest BCUT2D eigenvalue weighted by Gasteiger charge is -2.35. The highest BCUT2D eigenvalue weighted by Gasteiger charge is 2.21. The second-order valence-electron chi connectivity index (χ2n) is 8.37. The number of methoxy groups -OCH3 is 1. The average molecular weight is 421 g/mol. The minimum Gasteiger partial charge on any atom is -0.493 e. The monoisotopic (exact) mass is 420 g/mol. The number of benzene rings is 1. The number of nitrogens with zero attached hydrogens (tertiary/aromatic N) is 3. The predicted octanol–water partition coefficient (Wildman–Crippen LogP) is 0.522. The first kappa shape index (κ1) is 22.8. The third-order valence-corrected chi connectivity index (χ3v) is 5.98. The molecule has 0 spiro atoms. The Hall–Kier alpha value is -1.87. The third kappa shape index (κ3) is 6.57. The number of aliphatic hydroxyl groups is 1. The van der Waals surface area contributed by atoms with Crippen LogP contribution in [0.4, 0.5) is 0 Å². The fourth-order valence-corrected chi connectivity index (χ4v) is 4.08. The zero-order chi connectivity index (χ0) is 21.5. The van der Waals surface area contributed by atoms with Crippen LogP contribution >= 0.6 is 0 Å². The SMILES string of the molecule is COc1cc(CN2CCC(N)CC2)ccc1OCC(O)CN1CCN(C(C)=O)CC1. The Morgan fingerprint density at radius 2 is 1.83 bits per heavy atom. The van der Waals surface area contributed by atoms with Crippen LogP contribution in [0, 0.1) is 0 Å². The molecular formula is C22H36N4O4. The van der Waals surface area contributed by atoms with Crippen molar-refractivity contribution in [3.8, 4) is 11.5 Å². The van der Waals surface area contributed by atoms with E-state index < -0.39 is 6.10 Å². The van der Waals surface area contributed by atoms with E-state index in [9.17, 15) is 9.90 Å². The number of likely N-dealkylation sites (tertiary alicyclic amines) is 1. The average Bonchev–Trinajstić information content (AvgIpc) is 2.74. The highest BCUT2D eigenvalue weighted by Crippen LogP contribution is 2.29. The van der Waals surface area contributed by atoms with Crippen molar-refractivity contribution in [2.75, 3.05) is 59.5 Å². The standard InChI is InChI=1S/C22H36N4O4/c1-17(27)26-11-9-25(10-12-26)15-20(28)16-30-21-4-3-18(13-22(21)29-2)14-24-7-5-19(23)6-8-24/h3-4,13,19-20,28H,5-12,14-16,23H2,1-2H3. The predicted molar refractivity (Wildman–Crippen MR) is 116 cm³/mol. The van der Waals surface area contributed by atoms with Gasteiger partial charge in [-0.25, -0.2) is 0 Å². The molecule has 2 heterocycles. The molecule has 0 aromatic heterocycles. The van der Waals surface area contributed by atoms with Gasteiger partial charge < -0.3 is 25.2 Å². The van der Waals surface area contributed by atoms with E-state index in [0.29, 0.717) is 37.2 Å². The molecule has 8 heteroatoms. The van der Waals surface area contributed by atoms with Gasteiger partial charge in [-0.1, -0.05) is 6.07 Å². The fourth-order valence-electron chi connectivity index (χ4n) is 4.08. The highest BCUT2D eigenvalue weighted by molar-refractivity contribution is 5.73. The van der Waals surface area contributed by atoms with Crippen molar-refractivity contribution >= 4 is 5.91 Å². The van der Waals surface area contributed by atoms with Gasteiger partial charge >= 0.3 is 0 Å². The normalized spacial score (nSPS) is 20.2. The Labute approximate surface area is 179 Å². The number of rotatable bonds is 8. The number of β-amino-alcohol motifs (C(OH)–C–C–N with tert-alkyl or cyclic N) is 1. The lowest BCUT2D eigenvalue weighted by atomic mass is 10.1. The largest absolute Gasteiger partial charge is 0.493 e. The number of hydrogen-bond donors (Lipinski definition) is 2. The van der Waals surface area contributed by atoms with Crippen LogP contribution in [0.15, 0.2) is 18.2 Å². The Morgan fingerprint density at radius 1 is 1.13 bits per heavy atom. The molecule has 3 rings (SSSR count). The second kappa shape index (κ2) is 10.9. The van der Waals surface area contributed by atoms with E-state index in [-0.39, 0.29) is 12.5 Å². The van der Waals surface area contributed by atoms with Crippen LogP contribution in [0.2, 0.25) is 0 Å². The third-order valence-electron chi connectivity index (χ3n) is 5.98. The molecule has 1 atom stereocenters. The number of carbonyl (C=O) groups is 1. The summed E-state index contributed by atoms with van der Waals surface area (Å²) in [6.07, 6.45) is 1.48. The van der Waals surface area contributed by atoms with Crippen LogP contribution in [-0.2, 0) is 11.3 Å². The number of piperazine rings is 1. The van der Waals surface area contributed by atoms with Gasteiger partial charge in [0, 0.05) is 52.2 Å². The molecule has 0 bridgehead atoms. The summed E-state index contributed by atoms with van der Waals surface area (Å²) in [6, 6.07) is 6.31. The molecule has 1 aromatic rings. The van der Waals surface area contributed by atoms with Crippen LogP contribution in [0.1, 0.15) is 25.3 Å². The van der Waals surface area contributed by atoms with E-state index in [1.807, 2.05) is 17.0 Å². The molecule has 2 aliphatic heterocycles. The first-order chi connectivity index (χ1) is 14.4. The lowest BCUT2D eigenvalue weighted by molar-refractivity contribution is -0.130. The van der Waals surface area contributed by atoms with Crippen molar-refractivity contribution < 1.29 is 19.4 Å². The molecule has 3 N–H and O–H groups in total. The highest BCUT2D eigenvalue weighted by atomic mass is 16.5. The van der Waals surface area contributed by atoms with Gasteiger partial charge in [-0.3, -0.25) is 14.6 Å². The molecule has 1 aromatic carbocycles. The number of ether oxygens (including phenoxy) is 2. The smallest absolute Gasteiger partial charge is 0.219 e. The van der Waals surface area contributed by atoms with Gasteiger partial charge in [-0.15, -0.1) is 0 Å². The van der Waals surface area contributed by atoms with Crippen LogP contribution in [0.3, 0.4) is 0 Å². The Morgan fingerprint density at radius 3 is 2.47 bits per heavy atom. The first-order valence-electron chi connectivity index (χ1n) is 10.9. The molecule has 2 aliphatic rings. The van der Waals surface area contributed by atoms with Gasteiger partial charge in [0.2, 0.25) is 5.91 Å². The zero-order valence-corrected chi connectivity index (χ0v) is 18.3. The summed E-state index contributed by atoms with van der Waals surface area (Å²) in [5, 5.41) is 10.4. The van der Waals surface area contributed by atoms with Gasteiger partial charge in [0.25, 0.3) is 0 Å². The summed E-state index contributed by atoms with van der Waals surface area (Å²) in [6.45, 7) is 8.21. The maximum atomic E-state index is 11.4. The molecule has 1 unspecified atom stereocenters. The minimum absolute atomic E-state index is 0.109. The van der Waals surface area contributed by atoms with E-state index in [1.54, 1.807) is 14.0 Å². The van der Waals surface area contributed by atoms with Crippen molar-refractivity contribution in [2.24, 2.45) is 5.73 Å². The number of amides is 1. The maximum absolute atomic E-state index is 11.4. The van der Waals surface area contributed by atoms with Gasteiger partial charge in [0.05, 0.1) is 7.11 Å². The Balaban J connectivity index is 1.46. The molecule has 0 saturated carbocycles. The Bertz CT molecular complexity index is 686. The zero-order valence-electron chi connectivity index (χ0n) is 18.3. The van der Waals surface area contributed by atoms with Gasteiger partial charge in [-0.2, -0.15) is 0 Å². The summed E-state index contributed by atoms with van der Waals surface area (Å²) in [7, 11) is 1.64. The van der Waals surface area contributed by atoms with Crippen LogP contribution < -0.4 is 15.2 Å². The molecule has 1 amide bonds.